The van der Waals surface area contributed by atoms with Crippen LogP contribution in [0.4, 0.5) is 5.82 Å². The Morgan fingerprint density at radius 1 is 1.04 bits per heavy atom. The molecule has 2 unspecified atom stereocenters. The van der Waals surface area contributed by atoms with Crippen molar-refractivity contribution in [3.63, 3.8) is 0 Å². The highest BCUT2D eigenvalue weighted by Gasteiger charge is 2.33. The number of nitrogens with zero attached hydrogens (tertiary/aromatic N) is 4. The standard InChI is InChI=1S/C19H23ClN4O/c20-18-10-22-19(11-21-18)24-9-8-23-12-15(6-7-16(23)13-24)14-25-17-4-2-1-3-5-17/h1-5,10-11,15-16H,6-9,12-14H2. The predicted octanol–water partition coefficient (Wildman–Crippen LogP) is 3.11. The number of halogens is 1. The molecule has 0 spiro atoms. The van der Waals surface area contributed by atoms with E-state index in [9.17, 15) is 0 Å². The highest BCUT2D eigenvalue weighted by atomic mass is 35.5. The van der Waals surface area contributed by atoms with Crippen molar-refractivity contribution in [2.24, 2.45) is 5.92 Å². The maximum atomic E-state index is 5.96. The van der Waals surface area contributed by atoms with Gasteiger partial charge in [0.2, 0.25) is 0 Å². The van der Waals surface area contributed by atoms with Gasteiger partial charge in [-0.15, -0.1) is 0 Å². The number of para-hydroxylation sites is 1. The average Bonchev–Trinajstić information content (AvgIpc) is 2.67. The first-order valence-electron chi connectivity index (χ1n) is 8.92. The van der Waals surface area contributed by atoms with Gasteiger partial charge in [-0.2, -0.15) is 0 Å². The predicted molar refractivity (Wildman–Crippen MR) is 99.3 cm³/mol. The molecule has 2 saturated heterocycles. The van der Waals surface area contributed by atoms with Crippen LogP contribution in [-0.2, 0) is 0 Å². The fraction of sp³-hybridized carbons (Fsp3) is 0.474. The van der Waals surface area contributed by atoms with E-state index < -0.39 is 0 Å². The molecule has 0 aliphatic carbocycles. The lowest BCUT2D eigenvalue weighted by atomic mass is 9.91. The van der Waals surface area contributed by atoms with Crippen molar-refractivity contribution in [3.05, 3.63) is 47.9 Å². The summed E-state index contributed by atoms with van der Waals surface area (Å²) < 4.78 is 5.96. The molecule has 2 fully saturated rings. The van der Waals surface area contributed by atoms with Crippen LogP contribution in [0.2, 0.25) is 5.15 Å². The van der Waals surface area contributed by atoms with E-state index in [1.165, 1.54) is 12.8 Å². The van der Waals surface area contributed by atoms with E-state index in [2.05, 4.69) is 19.8 Å². The summed E-state index contributed by atoms with van der Waals surface area (Å²) in [4.78, 5) is 13.5. The van der Waals surface area contributed by atoms with Crippen LogP contribution >= 0.6 is 11.6 Å². The van der Waals surface area contributed by atoms with E-state index in [4.69, 9.17) is 16.3 Å². The fourth-order valence-electron chi connectivity index (χ4n) is 3.80. The topological polar surface area (TPSA) is 41.5 Å². The Morgan fingerprint density at radius 2 is 1.92 bits per heavy atom. The number of piperidine rings is 1. The highest BCUT2D eigenvalue weighted by molar-refractivity contribution is 6.29. The summed E-state index contributed by atoms with van der Waals surface area (Å²) in [6, 6.07) is 10.7. The minimum atomic E-state index is 0.446. The second kappa shape index (κ2) is 7.58. The number of aromatic nitrogens is 2. The Hall–Kier alpha value is -1.85. The molecule has 0 amide bonds. The van der Waals surface area contributed by atoms with Gasteiger partial charge in [0.25, 0.3) is 0 Å². The maximum absolute atomic E-state index is 5.96. The van der Waals surface area contributed by atoms with Gasteiger partial charge in [0.05, 0.1) is 19.0 Å². The molecule has 3 heterocycles. The number of anilines is 1. The number of hydrogen-bond donors (Lipinski definition) is 0. The van der Waals surface area contributed by atoms with Crippen LogP contribution in [0, 0.1) is 5.92 Å². The quantitative estimate of drug-likeness (QED) is 0.840. The number of benzene rings is 1. The van der Waals surface area contributed by atoms with Gasteiger partial charge in [0.15, 0.2) is 0 Å². The van der Waals surface area contributed by atoms with Crippen molar-refractivity contribution in [1.29, 1.82) is 0 Å². The minimum Gasteiger partial charge on any atom is -0.493 e. The minimum absolute atomic E-state index is 0.446. The van der Waals surface area contributed by atoms with Crippen LogP contribution in [0.5, 0.6) is 5.75 Å². The van der Waals surface area contributed by atoms with Gasteiger partial charge in [0, 0.05) is 38.1 Å². The molecular weight excluding hydrogens is 336 g/mol. The molecule has 25 heavy (non-hydrogen) atoms. The van der Waals surface area contributed by atoms with Gasteiger partial charge in [0.1, 0.15) is 16.7 Å². The molecule has 2 aliphatic rings. The molecule has 2 aromatic rings. The average molecular weight is 359 g/mol. The van der Waals surface area contributed by atoms with Gasteiger partial charge in [-0.1, -0.05) is 29.8 Å². The SMILES string of the molecule is Clc1cnc(N2CCN3CC(COc4ccccc4)CCC3C2)cn1. The molecule has 0 bridgehead atoms. The Bertz CT molecular complexity index is 682. The Kier molecular flexibility index (Phi) is 5.04. The number of hydrogen-bond acceptors (Lipinski definition) is 5. The van der Waals surface area contributed by atoms with Crippen molar-refractivity contribution in [3.8, 4) is 5.75 Å². The lowest BCUT2D eigenvalue weighted by Gasteiger charge is -2.46. The summed E-state index contributed by atoms with van der Waals surface area (Å²) in [5.41, 5.74) is 0. The summed E-state index contributed by atoms with van der Waals surface area (Å²) in [5, 5.41) is 0.446. The molecule has 0 saturated carbocycles. The van der Waals surface area contributed by atoms with E-state index in [0.717, 1.165) is 44.4 Å². The van der Waals surface area contributed by atoms with E-state index in [0.29, 0.717) is 17.1 Å². The molecule has 4 rings (SSSR count). The molecule has 6 heteroatoms. The van der Waals surface area contributed by atoms with Crippen molar-refractivity contribution >= 4 is 17.4 Å². The van der Waals surface area contributed by atoms with Crippen molar-refractivity contribution in [1.82, 2.24) is 14.9 Å². The van der Waals surface area contributed by atoms with Crippen molar-refractivity contribution < 1.29 is 4.74 Å². The van der Waals surface area contributed by atoms with Gasteiger partial charge >= 0.3 is 0 Å². The largest absolute Gasteiger partial charge is 0.493 e. The zero-order valence-corrected chi connectivity index (χ0v) is 15.0. The Labute approximate surface area is 153 Å². The third kappa shape index (κ3) is 4.05. The summed E-state index contributed by atoms with van der Waals surface area (Å²) in [5.74, 6) is 2.51. The summed E-state index contributed by atoms with van der Waals surface area (Å²) in [6.45, 7) is 5.00. The first-order valence-corrected chi connectivity index (χ1v) is 9.30. The second-order valence-corrected chi connectivity index (χ2v) is 7.25. The highest BCUT2D eigenvalue weighted by Crippen LogP contribution is 2.27. The molecule has 2 aliphatic heterocycles. The van der Waals surface area contributed by atoms with Crippen LogP contribution in [0.1, 0.15) is 12.8 Å². The Balaban J connectivity index is 1.30. The van der Waals surface area contributed by atoms with E-state index in [-0.39, 0.29) is 0 Å². The normalized spacial score (nSPS) is 24.0. The molecule has 0 radical (unpaired) electrons. The van der Waals surface area contributed by atoms with Crippen LogP contribution in [0.3, 0.4) is 0 Å². The smallest absolute Gasteiger partial charge is 0.147 e. The monoisotopic (exact) mass is 358 g/mol. The van der Waals surface area contributed by atoms with Crippen LogP contribution in [-0.4, -0.2) is 53.7 Å². The van der Waals surface area contributed by atoms with Crippen molar-refractivity contribution in [2.45, 2.75) is 18.9 Å². The summed E-state index contributed by atoms with van der Waals surface area (Å²) in [7, 11) is 0. The van der Waals surface area contributed by atoms with E-state index in [1.807, 2.05) is 30.3 Å². The second-order valence-electron chi connectivity index (χ2n) is 6.86. The lowest BCUT2D eigenvalue weighted by molar-refractivity contribution is 0.0727. The fourth-order valence-corrected chi connectivity index (χ4v) is 3.90. The molecule has 5 nitrogen and oxygen atoms in total. The number of piperazine rings is 1. The zero-order valence-electron chi connectivity index (χ0n) is 14.2. The van der Waals surface area contributed by atoms with E-state index in [1.54, 1.807) is 12.4 Å². The molecule has 1 aromatic carbocycles. The van der Waals surface area contributed by atoms with Crippen LogP contribution in [0.25, 0.3) is 0 Å². The first-order chi connectivity index (χ1) is 12.3. The summed E-state index contributed by atoms with van der Waals surface area (Å²) in [6.07, 6.45) is 5.83. The number of fused-ring (bicyclic) bond motifs is 1. The Morgan fingerprint density at radius 3 is 2.72 bits per heavy atom. The molecule has 0 N–H and O–H groups in total. The lowest BCUT2D eigenvalue weighted by Crippen LogP contribution is -2.57. The van der Waals surface area contributed by atoms with Gasteiger partial charge in [-0.05, 0) is 25.0 Å². The number of rotatable bonds is 4. The third-order valence-electron chi connectivity index (χ3n) is 5.17. The summed E-state index contributed by atoms with van der Waals surface area (Å²) >= 11 is 5.84. The molecule has 2 atom stereocenters. The maximum Gasteiger partial charge on any atom is 0.147 e. The first kappa shape index (κ1) is 16.6. The van der Waals surface area contributed by atoms with Gasteiger partial charge in [-0.3, -0.25) is 4.90 Å². The van der Waals surface area contributed by atoms with Gasteiger partial charge in [-0.25, -0.2) is 9.97 Å². The molecule has 1 aromatic heterocycles. The van der Waals surface area contributed by atoms with E-state index >= 15 is 0 Å². The zero-order chi connectivity index (χ0) is 17.1. The number of ether oxygens (including phenoxy) is 1. The van der Waals surface area contributed by atoms with Crippen molar-refractivity contribution in [2.75, 3.05) is 37.7 Å². The van der Waals surface area contributed by atoms with Gasteiger partial charge < -0.3 is 9.64 Å². The molecular formula is C19H23ClN4O. The third-order valence-corrected chi connectivity index (χ3v) is 5.36. The molecule has 132 valence electrons. The van der Waals surface area contributed by atoms with Crippen LogP contribution < -0.4 is 9.64 Å². The van der Waals surface area contributed by atoms with Crippen LogP contribution in [0.15, 0.2) is 42.7 Å².